The zero-order valence-electron chi connectivity index (χ0n) is 24.4. The summed E-state index contributed by atoms with van der Waals surface area (Å²) in [7, 11) is -4.00. The summed E-state index contributed by atoms with van der Waals surface area (Å²) in [5, 5.41) is 5.41. The van der Waals surface area contributed by atoms with Gasteiger partial charge >= 0.3 is 5.97 Å². The van der Waals surface area contributed by atoms with Gasteiger partial charge in [0.1, 0.15) is 23.8 Å². The molecule has 2 bridgehead atoms. The van der Waals surface area contributed by atoms with E-state index in [0.29, 0.717) is 44.1 Å². The molecule has 10 nitrogen and oxygen atoms in total. The van der Waals surface area contributed by atoms with Crippen LogP contribution >= 0.6 is 23.2 Å². The maximum Gasteiger partial charge on any atom is 0.308 e. The number of ether oxygens (including phenoxy) is 2. The number of sulfonamides is 1. The Hall–Kier alpha value is -3.12. The molecule has 7 rings (SSSR count). The summed E-state index contributed by atoms with van der Waals surface area (Å²) in [5.41, 5.74) is 3.41. The van der Waals surface area contributed by atoms with Gasteiger partial charge in [-0.25, -0.2) is 12.7 Å². The Bertz CT molecular complexity index is 1690. The number of aromatic nitrogens is 1. The van der Waals surface area contributed by atoms with E-state index in [9.17, 15) is 18.0 Å². The highest BCUT2D eigenvalue weighted by Crippen LogP contribution is 2.47. The molecule has 4 aliphatic rings. The number of carbonyl (C=O) groups is 2. The van der Waals surface area contributed by atoms with Gasteiger partial charge in [-0.05, 0) is 74.9 Å². The SMILES string of the molecule is O=CN(c1ccc(N2C[C@@H]3C[C@H]2C[C@H]3OCc2c(-c3c(Cl)cccc3Cl)noc2C2CC2)cc1)S(=O)(=O)CCOC(=O)C1CC1. The lowest BCUT2D eigenvalue weighted by molar-refractivity contribution is -0.144. The molecule has 0 unspecified atom stereocenters. The number of carbonyl (C=O) groups excluding carboxylic acids is 2. The summed E-state index contributed by atoms with van der Waals surface area (Å²) < 4.78 is 43.7. The molecule has 0 N–H and O–H groups in total. The van der Waals surface area contributed by atoms with Crippen molar-refractivity contribution in [3.8, 4) is 11.3 Å². The summed E-state index contributed by atoms with van der Waals surface area (Å²) in [5.74, 6) is 0.569. The third kappa shape index (κ3) is 6.19. The molecule has 1 amide bonds. The largest absolute Gasteiger partial charge is 0.464 e. The molecule has 1 aromatic heterocycles. The third-order valence-corrected chi connectivity index (χ3v) is 11.4. The number of anilines is 2. The summed E-state index contributed by atoms with van der Waals surface area (Å²) in [6.07, 6.45) is 5.87. The van der Waals surface area contributed by atoms with Crippen LogP contribution in [0.4, 0.5) is 11.4 Å². The van der Waals surface area contributed by atoms with Gasteiger partial charge in [0.15, 0.2) is 0 Å². The van der Waals surface area contributed by atoms with Crippen molar-refractivity contribution < 1.29 is 32.0 Å². The number of nitrogens with zero attached hydrogens (tertiary/aromatic N) is 3. The average molecular weight is 675 g/mol. The first-order valence-electron chi connectivity index (χ1n) is 15.3. The maximum atomic E-state index is 12.8. The van der Waals surface area contributed by atoms with E-state index < -0.39 is 15.8 Å². The molecule has 0 spiro atoms. The summed E-state index contributed by atoms with van der Waals surface area (Å²) in [4.78, 5) is 25.8. The van der Waals surface area contributed by atoms with Crippen LogP contribution in [0.5, 0.6) is 0 Å². The second kappa shape index (κ2) is 12.2. The molecule has 45 heavy (non-hydrogen) atoms. The molecule has 13 heteroatoms. The van der Waals surface area contributed by atoms with Crippen molar-refractivity contribution in [3.05, 3.63) is 63.8 Å². The Morgan fingerprint density at radius 2 is 1.80 bits per heavy atom. The van der Waals surface area contributed by atoms with E-state index in [2.05, 4.69) is 10.1 Å². The lowest BCUT2D eigenvalue weighted by Gasteiger charge is -2.33. The van der Waals surface area contributed by atoms with Crippen molar-refractivity contribution in [2.24, 2.45) is 11.8 Å². The predicted octanol–water partition coefficient (Wildman–Crippen LogP) is 5.96. The first-order valence-corrected chi connectivity index (χ1v) is 17.6. The van der Waals surface area contributed by atoms with Crippen LogP contribution in [0.1, 0.15) is 55.8 Å². The zero-order valence-corrected chi connectivity index (χ0v) is 26.8. The van der Waals surface area contributed by atoms with Gasteiger partial charge < -0.3 is 18.9 Å². The Balaban J connectivity index is 0.979. The zero-order chi connectivity index (χ0) is 31.3. The van der Waals surface area contributed by atoms with Crippen LogP contribution in [-0.4, -0.2) is 57.0 Å². The van der Waals surface area contributed by atoms with E-state index in [4.69, 9.17) is 37.2 Å². The summed E-state index contributed by atoms with van der Waals surface area (Å²) in [6.45, 7) is 0.887. The lowest BCUT2D eigenvalue weighted by Crippen LogP contribution is -2.38. The summed E-state index contributed by atoms with van der Waals surface area (Å²) in [6, 6.07) is 12.6. The van der Waals surface area contributed by atoms with Crippen LogP contribution < -0.4 is 9.21 Å². The van der Waals surface area contributed by atoms with E-state index in [1.54, 1.807) is 30.3 Å². The van der Waals surface area contributed by atoms with Crippen molar-refractivity contribution in [1.29, 1.82) is 0 Å². The van der Waals surface area contributed by atoms with Crippen molar-refractivity contribution in [3.63, 3.8) is 0 Å². The fourth-order valence-corrected chi connectivity index (χ4v) is 8.17. The number of esters is 1. The average Bonchev–Trinajstić information content (AvgIpc) is 3.94. The van der Waals surface area contributed by atoms with Crippen LogP contribution in [-0.2, 0) is 35.7 Å². The van der Waals surface area contributed by atoms with E-state index in [-0.39, 0.29) is 42.7 Å². The number of fused-ring (bicyclic) bond motifs is 2. The molecule has 3 aromatic rings. The molecule has 3 saturated carbocycles. The van der Waals surface area contributed by atoms with Crippen molar-refractivity contribution >= 4 is 57.0 Å². The number of amides is 1. The first-order chi connectivity index (χ1) is 21.7. The van der Waals surface area contributed by atoms with Crippen molar-refractivity contribution in [1.82, 2.24) is 5.16 Å². The topological polar surface area (TPSA) is 119 Å². The predicted molar refractivity (Wildman–Crippen MR) is 169 cm³/mol. The van der Waals surface area contributed by atoms with Crippen LogP contribution in [0, 0.1) is 11.8 Å². The molecular formula is C32H33Cl2N3O7S. The number of rotatable bonds is 13. The molecule has 1 aliphatic heterocycles. The highest BCUT2D eigenvalue weighted by molar-refractivity contribution is 7.93. The van der Waals surface area contributed by atoms with Gasteiger partial charge in [-0.15, -0.1) is 0 Å². The molecule has 2 aromatic carbocycles. The van der Waals surface area contributed by atoms with Crippen LogP contribution in [0.2, 0.25) is 10.0 Å². The van der Waals surface area contributed by atoms with Gasteiger partial charge in [0.25, 0.3) is 0 Å². The fraction of sp³-hybridized carbons (Fsp3) is 0.469. The van der Waals surface area contributed by atoms with Gasteiger partial charge in [0, 0.05) is 41.2 Å². The molecule has 4 fully saturated rings. The molecule has 3 aliphatic carbocycles. The Morgan fingerprint density at radius 1 is 1.07 bits per heavy atom. The van der Waals surface area contributed by atoms with E-state index in [1.165, 1.54) is 0 Å². The van der Waals surface area contributed by atoms with E-state index in [0.717, 1.165) is 62.1 Å². The van der Waals surface area contributed by atoms with Gasteiger partial charge in [-0.2, -0.15) is 0 Å². The minimum atomic E-state index is -4.00. The van der Waals surface area contributed by atoms with Crippen molar-refractivity contribution in [2.45, 2.75) is 63.2 Å². The second-order valence-corrected chi connectivity index (χ2v) is 15.1. The first kappa shape index (κ1) is 30.5. The second-order valence-electron chi connectivity index (χ2n) is 12.3. The molecule has 1 saturated heterocycles. The van der Waals surface area contributed by atoms with Gasteiger partial charge in [0.05, 0.1) is 34.4 Å². The van der Waals surface area contributed by atoms with E-state index >= 15 is 0 Å². The molecule has 0 radical (unpaired) electrons. The Morgan fingerprint density at radius 3 is 2.42 bits per heavy atom. The molecule has 3 atom stereocenters. The smallest absolute Gasteiger partial charge is 0.308 e. The van der Waals surface area contributed by atoms with Gasteiger partial charge in [-0.3, -0.25) is 9.59 Å². The number of piperidine rings is 1. The number of benzene rings is 2. The molecule has 238 valence electrons. The monoisotopic (exact) mass is 673 g/mol. The third-order valence-electron chi connectivity index (χ3n) is 9.21. The lowest BCUT2D eigenvalue weighted by atomic mass is 10.0. The van der Waals surface area contributed by atoms with Crippen LogP contribution in [0.15, 0.2) is 47.0 Å². The maximum absolute atomic E-state index is 12.8. The molecule has 2 heterocycles. The number of halogens is 2. The Labute approximate surface area is 271 Å². The highest BCUT2D eigenvalue weighted by Gasteiger charge is 2.46. The normalized spacial score (nSPS) is 22.5. The van der Waals surface area contributed by atoms with Crippen molar-refractivity contribution in [2.75, 3.05) is 28.1 Å². The number of hydrogen-bond acceptors (Lipinski definition) is 9. The Kier molecular flexibility index (Phi) is 8.30. The van der Waals surface area contributed by atoms with Gasteiger partial charge in [-0.1, -0.05) is 34.4 Å². The highest BCUT2D eigenvalue weighted by atomic mass is 35.5. The summed E-state index contributed by atoms with van der Waals surface area (Å²) >= 11 is 13.0. The van der Waals surface area contributed by atoms with E-state index in [1.807, 2.05) is 12.1 Å². The minimum Gasteiger partial charge on any atom is -0.464 e. The van der Waals surface area contributed by atoms with Crippen LogP contribution in [0.3, 0.4) is 0 Å². The van der Waals surface area contributed by atoms with Gasteiger partial charge in [0.2, 0.25) is 16.4 Å². The fourth-order valence-electron chi connectivity index (χ4n) is 6.53. The number of hydrogen-bond donors (Lipinski definition) is 0. The minimum absolute atomic E-state index is 0.0757. The van der Waals surface area contributed by atoms with Crippen LogP contribution in [0.25, 0.3) is 11.3 Å². The quantitative estimate of drug-likeness (QED) is 0.160. The standard InChI is InChI=1S/C32H33Cl2N3O7S/c33-26-2-1-3-27(34)29(26)30-25(31(44-35-30)19-4-5-19)17-43-28-15-24-14-21(28)16-36(24)22-8-10-23(11-9-22)37(18-38)45(40,41)13-12-42-32(39)20-6-7-20/h1-3,8-11,18-21,24,28H,4-7,12-17H2/t21-,24-,28+/m0/s1. The molecular weight excluding hydrogens is 641 g/mol.